The molecule has 2 aliphatic rings. The van der Waals surface area contributed by atoms with Gasteiger partial charge in [-0.05, 0) is 19.3 Å². The van der Waals surface area contributed by atoms with E-state index in [9.17, 15) is 32.7 Å². The van der Waals surface area contributed by atoms with Crippen molar-refractivity contribution in [3.63, 3.8) is 0 Å². The molecule has 2 bridgehead atoms. The number of aromatic hydroxyl groups is 1. The molecule has 0 radical (unpaired) electrons. The van der Waals surface area contributed by atoms with Crippen LogP contribution >= 0.6 is 0 Å². The van der Waals surface area contributed by atoms with Gasteiger partial charge in [-0.25, -0.2) is 13.2 Å². The highest BCUT2D eigenvalue weighted by Gasteiger charge is 2.36. The number of nitrogens with one attached hydrogen (secondary N) is 1. The van der Waals surface area contributed by atoms with Crippen molar-refractivity contribution in [2.45, 2.75) is 31.8 Å². The van der Waals surface area contributed by atoms with Gasteiger partial charge in [0.2, 0.25) is 5.43 Å². The van der Waals surface area contributed by atoms with Crippen LogP contribution in [0.15, 0.2) is 17.1 Å². The molecule has 1 aromatic carbocycles. The second kappa shape index (κ2) is 8.21. The van der Waals surface area contributed by atoms with Crippen molar-refractivity contribution in [1.29, 1.82) is 0 Å². The minimum absolute atomic E-state index is 0.176. The number of nitrogens with zero attached hydrogens (tertiary/aromatic N) is 2. The quantitative estimate of drug-likeness (QED) is 0.742. The zero-order valence-electron chi connectivity index (χ0n) is 17.1. The van der Waals surface area contributed by atoms with E-state index in [-0.39, 0.29) is 11.7 Å². The van der Waals surface area contributed by atoms with Crippen molar-refractivity contribution in [1.82, 2.24) is 14.8 Å². The number of hydrogen-bond acceptors (Lipinski definition) is 5. The summed E-state index contributed by atoms with van der Waals surface area (Å²) < 4.78 is 47.9. The highest BCUT2D eigenvalue weighted by Crippen LogP contribution is 2.32. The molecule has 170 valence electrons. The number of amides is 2. The minimum Gasteiger partial charge on any atom is -0.503 e. The van der Waals surface area contributed by atoms with Crippen molar-refractivity contribution in [3.05, 3.63) is 56.8 Å². The fourth-order valence-electron chi connectivity index (χ4n) is 4.19. The summed E-state index contributed by atoms with van der Waals surface area (Å²) in [5.41, 5.74) is -2.38. The van der Waals surface area contributed by atoms with Gasteiger partial charge in [0.25, 0.3) is 11.8 Å². The zero-order valence-corrected chi connectivity index (χ0v) is 17.1. The van der Waals surface area contributed by atoms with Crippen molar-refractivity contribution in [3.8, 4) is 11.5 Å². The van der Waals surface area contributed by atoms with Crippen LogP contribution in [0.5, 0.6) is 11.5 Å². The Morgan fingerprint density at radius 1 is 1.25 bits per heavy atom. The molecule has 32 heavy (non-hydrogen) atoms. The first kappa shape index (κ1) is 21.7. The molecule has 11 heteroatoms. The van der Waals surface area contributed by atoms with E-state index in [0.717, 1.165) is 20.0 Å². The third kappa shape index (κ3) is 3.47. The summed E-state index contributed by atoms with van der Waals surface area (Å²) in [7, 11) is 1.01. The van der Waals surface area contributed by atoms with Gasteiger partial charge < -0.3 is 24.6 Å². The molecule has 2 amide bonds. The summed E-state index contributed by atoms with van der Waals surface area (Å²) in [6.45, 7) is 0.204. The molecule has 3 heterocycles. The van der Waals surface area contributed by atoms with Gasteiger partial charge in [0.05, 0.1) is 13.2 Å². The molecule has 0 spiro atoms. The first-order valence-corrected chi connectivity index (χ1v) is 10.0. The van der Waals surface area contributed by atoms with Crippen molar-refractivity contribution >= 4 is 11.8 Å². The number of hydrogen-bond donors (Lipinski definition) is 2. The van der Waals surface area contributed by atoms with E-state index in [4.69, 9.17) is 0 Å². The van der Waals surface area contributed by atoms with Gasteiger partial charge in [0.15, 0.2) is 28.8 Å². The molecule has 0 unspecified atom stereocenters. The largest absolute Gasteiger partial charge is 0.503 e. The van der Waals surface area contributed by atoms with Gasteiger partial charge in [-0.2, -0.15) is 0 Å². The lowest BCUT2D eigenvalue weighted by atomic mass is 10.1. The minimum atomic E-state index is -1.32. The monoisotopic (exact) mass is 451 g/mol. The van der Waals surface area contributed by atoms with E-state index in [1.807, 2.05) is 0 Å². The van der Waals surface area contributed by atoms with Crippen LogP contribution in [0.1, 0.15) is 51.7 Å². The van der Waals surface area contributed by atoms with E-state index in [0.29, 0.717) is 25.6 Å². The number of aromatic nitrogens is 1. The summed E-state index contributed by atoms with van der Waals surface area (Å²) in [6.07, 6.45) is 3.49. The lowest BCUT2D eigenvalue weighted by molar-refractivity contribution is 0.0677. The number of benzene rings is 1. The number of carbonyl (C=O) groups excluding carboxylic acids is 2. The van der Waals surface area contributed by atoms with Gasteiger partial charge in [-0.15, -0.1) is 0 Å². The van der Waals surface area contributed by atoms with Gasteiger partial charge in [0, 0.05) is 37.5 Å². The Kier molecular flexibility index (Phi) is 5.57. The SMILES string of the molecule is COc1c(F)cc(F)c(CNC(=O)c2cn3c(c(O)c2=O)C(=O)N2CCCC[C@H]3C2)c1F. The molecule has 2 aliphatic heterocycles. The number of carbonyl (C=O) groups is 2. The van der Waals surface area contributed by atoms with Crippen LogP contribution in [0.2, 0.25) is 0 Å². The fraction of sp³-hybridized carbons (Fsp3) is 0.381. The number of ether oxygens (including phenoxy) is 1. The fourth-order valence-corrected chi connectivity index (χ4v) is 4.19. The lowest BCUT2D eigenvalue weighted by Gasteiger charge is -2.34. The Morgan fingerprint density at radius 2 is 2.00 bits per heavy atom. The van der Waals surface area contributed by atoms with Gasteiger partial charge in [-0.3, -0.25) is 14.4 Å². The molecule has 8 nitrogen and oxygen atoms in total. The van der Waals surface area contributed by atoms with Gasteiger partial charge in [0.1, 0.15) is 11.4 Å². The molecule has 0 aliphatic carbocycles. The number of methoxy groups -OCH3 is 1. The number of fused-ring (bicyclic) bond motifs is 4. The Hall–Kier alpha value is -3.50. The standard InChI is InChI=1S/C21H20F3N3O5/c1-32-19-14(23)6-13(22)11(15(19)24)7-25-20(30)12-9-27-10-4-2-3-5-26(8-10)21(31)16(27)18(29)17(12)28/h6,9-10,29H,2-5,7-8H2,1H3,(H,25,30)/t10-/m0/s1. The van der Waals surface area contributed by atoms with E-state index >= 15 is 0 Å². The topological polar surface area (TPSA) is 101 Å². The zero-order chi connectivity index (χ0) is 23.2. The molecular formula is C21H20F3N3O5. The van der Waals surface area contributed by atoms with Crippen molar-refractivity contribution in [2.75, 3.05) is 20.2 Å². The second-order valence-corrected chi connectivity index (χ2v) is 7.73. The summed E-state index contributed by atoms with van der Waals surface area (Å²) >= 11 is 0. The molecular weight excluding hydrogens is 431 g/mol. The molecule has 2 aromatic rings. The summed E-state index contributed by atoms with van der Waals surface area (Å²) in [5.74, 6) is -6.95. The van der Waals surface area contributed by atoms with Crippen molar-refractivity contribution in [2.24, 2.45) is 0 Å². The molecule has 1 atom stereocenters. The predicted molar refractivity (Wildman–Crippen MR) is 105 cm³/mol. The van der Waals surface area contributed by atoms with Crippen LogP contribution in [0.25, 0.3) is 0 Å². The maximum absolute atomic E-state index is 14.3. The van der Waals surface area contributed by atoms with Crippen LogP contribution < -0.4 is 15.5 Å². The van der Waals surface area contributed by atoms with E-state index in [1.165, 1.54) is 10.8 Å². The Labute approximate surface area is 180 Å². The Balaban J connectivity index is 1.67. The highest BCUT2D eigenvalue weighted by atomic mass is 19.1. The van der Waals surface area contributed by atoms with Gasteiger partial charge >= 0.3 is 0 Å². The van der Waals surface area contributed by atoms with Crippen LogP contribution in [0, 0.1) is 17.5 Å². The first-order valence-electron chi connectivity index (χ1n) is 10.0. The first-order chi connectivity index (χ1) is 15.2. The third-order valence-electron chi connectivity index (χ3n) is 5.84. The highest BCUT2D eigenvalue weighted by molar-refractivity contribution is 5.99. The van der Waals surface area contributed by atoms with Gasteiger partial charge in [-0.1, -0.05) is 0 Å². The lowest BCUT2D eigenvalue weighted by Crippen LogP contribution is -2.44. The third-order valence-corrected chi connectivity index (χ3v) is 5.84. The van der Waals surface area contributed by atoms with Crippen LogP contribution in [-0.2, 0) is 6.54 Å². The average Bonchev–Trinajstić information content (AvgIpc) is 2.98. The average molecular weight is 451 g/mol. The summed E-state index contributed by atoms with van der Waals surface area (Å²) in [6, 6.07) is 0.200. The summed E-state index contributed by atoms with van der Waals surface area (Å²) in [4.78, 5) is 39.5. The maximum atomic E-state index is 14.3. The van der Waals surface area contributed by atoms with Crippen LogP contribution in [0.4, 0.5) is 13.2 Å². The normalized spacial score (nSPS) is 17.6. The Morgan fingerprint density at radius 3 is 2.72 bits per heavy atom. The van der Waals surface area contributed by atoms with E-state index < -0.39 is 63.9 Å². The van der Waals surface area contributed by atoms with Crippen LogP contribution in [-0.4, -0.2) is 46.6 Å². The molecule has 1 aromatic heterocycles. The number of pyridine rings is 1. The Bertz CT molecular complexity index is 1180. The smallest absolute Gasteiger partial charge is 0.274 e. The number of halogens is 3. The van der Waals surface area contributed by atoms with Crippen molar-refractivity contribution < 1.29 is 32.6 Å². The predicted octanol–water partition coefficient (Wildman–Crippen LogP) is 2.09. The molecule has 4 rings (SSSR count). The molecule has 1 saturated heterocycles. The maximum Gasteiger partial charge on any atom is 0.274 e. The molecule has 0 saturated carbocycles. The second-order valence-electron chi connectivity index (χ2n) is 7.73. The summed E-state index contributed by atoms with van der Waals surface area (Å²) in [5, 5.41) is 12.6. The van der Waals surface area contributed by atoms with Crippen LogP contribution in [0.3, 0.4) is 0 Å². The van der Waals surface area contributed by atoms with E-state index in [1.54, 1.807) is 4.90 Å². The molecule has 1 fully saturated rings. The number of rotatable bonds is 4. The van der Waals surface area contributed by atoms with E-state index in [2.05, 4.69) is 10.1 Å². The molecule has 2 N–H and O–H groups in total.